The summed E-state index contributed by atoms with van der Waals surface area (Å²) >= 11 is 3.32. The van der Waals surface area contributed by atoms with E-state index in [0.717, 1.165) is 10.0 Å². The first-order valence-corrected chi connectivity index (χ1v) is 4.43. The minimum atomic E-state index is 0.306. The zero-order valence-electron chi connectivity index (χ0n) is 7.08. The molecule has 1 aromatic rings. The number of nitrogens with zero attached hydrogens (tertiary/aromatic N) is 1. The van der Waals surface area contributed by atoms with E-state index in [0.29, 0.717) is 12.3 Å². The highest BCUT2D eigenvalue weighted by Gasteiger charge is 2.01. The smallest absolute Gasteiger partial charge is 0.235 e. The van der Waals surface area contributed by atoms with Crippen LogP contribution in [-0.2, 0) is 11.3 Å². The summed E-state index contributed by atoms with van der Waals surface area (Å²) in [6.07, 6.45) is 1.49. The largest absolute Gasteiger partial charge is 0.496 e. The average molecular weight is 242 g/mol. The predicted octanol–water partition coefficient (Wildman–Crippen LogP) is 2.29. The zero-order valence-corrected chi connectivity index (χ0v) is 8.67. The summed E-state index contributed by atoms with van der Waals surface area (Å²) in [7, 11) is 1.58. The Bertz CT molecular complexity index is 345. The maximum absolute atomic E-state index is 9.90. The Morgan fingerprint density at radius 1 is 1.62 bits per heavy atom. The highest BCUT2D eigenvalue weighted by atomic mass is 79.9. The molecule has 0 atom stereocenters. The van der Waals surface area contributed by atoms with Gasteiger partial charge in [-0.2, -0.15) is 0 Å². The Morgan fingerprint density at radius 2 is 2.38 bits per heavy atom. The van der Waals surface area contributed by atoms with Crippen molar-refractivity contribution in [1.82, 2.24) is 0 Å². The molecule has 0 N–H and O–H groups in total. The Morgan fingerprint density at radius 3 is 3.00 bits per heavy atom. The average Bonchev–Trinajstić information content (AvgIpc) is 2.16. The van der Waals surface area contributed by atoms with Gasteiger partial charge in [0.2, 0.25) is 6.08 Å². The topological polar surface area (TPSA) is 38.7 Å². The van der Waals surface area contributed by atoms with Crippen LogP contribution < -0.4 is 4.74 Å². The van der Waals surface area contributed by atoms with Crippen molar-refractivity contribution in [3.63, 3.8) is 0 Å². The van der Waals surface area contributed by atoms with Crippen LogP contribution in [0.15, 0.2) is 27.7 Å². The van der Waals surface area contributed by atoms with Crippen molar-refractivity contribution in [2.24, 2.45) is 4.99 Å². The first kappa shape index (κ1) is 9.96. The molecule has 0 spiro atoms. The lowest BCUT2D eigenvalue weighted by atomic mass is 10.2. The van der Waals surface area contributed by atoms with E-state index in [-0.39, 0.29) is 0 Å². The van der Waals surface area contributed by atoms with Crippen LogP contribution in [0.3, 0.4) is 0 Å². The highest BCUT2D eigenvalue weighted by Crippen LogP contribution is 2.23. The molecular formula is C9H8BrNO2. The number of hydrogen-bond donors (Lipinski definition) is 0. The predicted molar refractivity (Wildman–Crippen MR) is 52.5 cm³/mol. The Balaban J connectivity index is 2.98. The van der Waals surface area contributed by atoms with Gasteiger partial charge in [0.1, 0.15) is 5.75 Å². The SMILES string of the molecule is COc1cc(Br)ccc1CN=C=O. The Labute approximate surface area is 84.6 Å². The molecule has 3 nitrogen and oxygen atoms in total. The van der Waals surface area contributed by atoms with E-state index in [9.17, 15) is 4.79 Å². The van der Waals surface area contributed by atoms with Gasteiger partial charge in [0, 0.05) is 10.0 Å². The number of rotatable bonds is 3. The van der Waals surface area contributed by atoms with E-state index in [4.69, 9.17) is 4.74 Å². The molecule has 68 valence electrons. The van der Waals surface area contributed by atoms with E-state index >= 15 is 0 Å². The van der Waals surface area contributed by atoms with Gasteiger partial charge in [-0.15, -0.1) is 0 Å². The number of halogens is 1. The second-order valence-corrected chi connectivity index (χ2v) is 3.28. The number of carbonyl (C=O) groups excluding carboxylic acids is 1. The third kappa shape index (κ3) is 2.68. The van der Waals surface area contributed by atoms with E-state index in [1.807, 2.05) is 18.2 Å². The number of hydrogen-bond acceptors (Lipinski definition) is 3. The third-order valence-electron chi connectivity index (χ3n) is 1.56. The number of aliphatic imine (C=N–C) groups is 1. The first-order valence-electron chi connectivity index (χ1n) is 3.64. The summed E-state index contributed by atoms with van der Waals surface area (Å²) in [5.74, 6) is 0.716. The van der Waals surface area contributed by atoms with Gasteiger partial charge in [-0.1, -0.05) is 22.0 Å². The number of benzene rings is 1. The van der Waals surface area contributed by atoms with Crippen molar-refractivity contribution < 1.29 is 9.53 Å². The van der Waals surface area contributed by atoms with Crippen LogP contribution in [0.5, 0.6) is 5.75 Å². The van der Waals surface area contributed by atoms with Gasteiger partial charge in [0.25, 0.3) is 0 Å². The van der Waals surface area contributed by atoms with Gasteiger partial charge >= 0.3 is 0 Å². The molecule has 0 saturated carbocycles. The van der Waals surface area contributed by atoms with E-state index < -0.39 is 0 Å². The number of methoxy groups -OCH3 is 1. The normalized spacial score (nSPS) is 9.08. The molecule has 0 aromatic heterocycles. The maximum Gasteiger partial charge on any atom is 0.235 e. The van der Waals surface area contributed by atoms with Crippen molar-refractivity contribution >= 4 is 22.0 Å². The van der Waals surface area contributed by atoms with Crippen molar-refractivity contribution in [2.45, 2.75) is 6.54 Å². The maximum atomic E-state index is 9.90. The van der Waals surface area contributed by atoms with Crippen LogP contribution in [0.4, 0.5) is 0 Å². The fraction of sp³-hybridized carbons (Fsp3) is 0.222. The van der Waals surface area contributed by atoms with Gasteiger partial charge in [0.15, 0.2) is 0 Å². The zero-order chi connectivity index (χ0) is 9.68. The molecule has 0 aliphatic heterocycles. The lowest BCUT2D eigenvalue weighted by molar-refractivity contribution is 0.409. The molecule has 0 aliphatic carbocycles. The van der Waals surface area contributed by atoms with Crippen LogP contribution in [-0.4, -0.2) is 13.2 Å². The second kappa shape index (κ2) is 4.80. The molecule has 0 unspecified atom stereocenters. The molecule has 1 rings (SSSR count). The fourth-order valence-electron chi connectivity index (χ4n) is 0.966. The summed E-state index contributed by atoms with van der Waals surface area (Å²) in [5, 5.41) is 0. The Kier molecular flexibility index (Phi) is 3.68. The van der Waals surface area contributed by atoms with Gasteiger partial charge in [-0.3, -0.25) is 0 Å². The summed E-state index contributed by atoms with van der Waals surface area (Å²) < 4.78 is 6.04. The molecule has 13 heavy (non-hydrogen) atoms. The quantitative estimate of drug-likeness (QED) is 0.602. The summed E-state index contributed by atoms with van der Waals surface area (Å²) in [6.45, 7) is 0.306. The van der Waals surface area contributed by atoms with E-state index in [1.165, 1.54) is 6.08 Å². The van der Waals surface area contributed by atoms with Crippen LogP contribution in [0, 0.1) is 0 Å². The monoisotopic (exact) mass is 241 g/mol. The van der Waals surface area contributed by atoms with Crippen LogP contribution in [0.1, 0.15) is 5.56 Å². The van der Waals surface area contributed by atoms with Crippen molar-refractivity contribution in [3.05, 3.63) is 28.2 Å². The van der Waals surface area contributed by atoms with E-state index in [1.54, 1.807) is 7.11 Å². The van der Waals surface area contributed by atoms with Crippen molar-refractivity contribution in [2.75, 3.05) is 7.11 Å². The summed E-state index contributed by atoms with van der Waals surface area (Å²) in [4.78, 5) is 13.4. The Hall–Kier alpha value is -1.12. The van der Waals surface area contributed by atoms with Gasteiger partial charge in [0.05, 0.1) is 13.7 Å². The number of ether oxygens (including phenoxy) is 1. The summed E-state index contributed by atoms with van der Waals surface area (Å²) in [5.41, 5.74) is 0.869. The molecule has 1 aromatic carbocycles. The molecule has 0 heterocycles. The molecule has 0 saturated heterocycles. The third-order valence-corrected chi connectivity index (χ3v) is 2.06. The standard InChI is InChI=1S/C9H8BrNO2/c1-13-9-4-8(10)3-2-7(9)5-11-6-12/h2-4H,5H2,1H3. The first-order chi connectivity index (χ1) is 6.27. The van der Waals surface area contributed by atoms with Gasteiger partial charge < -0.3 is 4.74 Å². The minimum Gasteiger partial charge on any atom is -0.496 e. The van der Waals surface area contributed by atoms with Gasteiger partial charge in [-0.05, 0) is 12.1 Å². The van der Waals surface area contributed by atoms with Crippen LogP contribution >= 0.6 is 15.9 Å². The molecule has 4 heteroatoms. The van der Waals surface area contributed by atoms with Crippen molar-refractivity contribution in [1.29, 1.82) is 0 Å². The molecule has 0 bridgehead atoms. The number of isocyanates is 1. The lowest BCUT2D eigenvalue weighted by Gasteiger charge is -2.05. The molecule has 0 radical (unpaired) electrons. The van der Waals surface area contributed by atoms with Crippen LogP contribution in [0.2, 0.25) is 0 Å². The molecular weight excluding hydrogens is 234 g/mol. The lowest BCUT2D eigenvalue weighted by Crippen LogP contribution is -1.90. The minimum absolute atomic E-state index is 0.306. The summed E-state index contributed by atoms with van der Waals surface area (Å²) in [6, 6.07) is 5.55. The van der Waals surface area contributed by atoms with Gasteiger partial charge in [-0.25, -0.2) is 9.79 Å². The van der Waals surface area contributed by atoms with E-state index in [2.05, 4.69) is 20.9 Å². The molecule has 0 aliphatic rings. The molecule has 0 amide bonds. The van der Waals surface area contributed by atoms with Crippen LogP contribution in [0.25, 0.3) is 0 Å². The molecule has 0 fully saturated rings. The highest BCUT2D eigenvalue weighted by molar-refractivity contribution is 9.10. The fourth-order valence-corrected chi connectivity index (χ4v) is 1.31. The second-order valence-electron chi connectivity index (χ2n) is 2.36. The van der Waals surface area contributed by atoms with Crippen molar-refractivity contribution in [3.8, 4) is 5.75 Å².